The van der Waals surface area contributed by atoms with E-state index in [2.05, 4.69) is 45.9 Å². The molecule has 7 fully saturated rings. The monoisotopic (exact) mass is 1570 g/mol. The fourth-order valence-corrected chi connectivity index (χ4v) is 16.5. The predicted molar refractivity (Wildman–Crippen MR) is 394 cm³/mol. The minimum absolute atomic E-state index is 0.00114. The number of aromatic nitrogens is 4. The van der Waals surface area contributed by atoms with Gasteiger partial charge in [-0.25, -0.2) is 37.4 Å². The number of amides is 8. The normalized spacial score (nSPS) is 27.4. The Hall–Kier alpha value is -8.30. The number of nitrogens with one attached hydrogen (secondary N) is 6. The molecule has 34 heteroatoms. The Morgan fingerprint density at radius 3 is 1.39 bits per heavy atom. The molecule has 0 spiro atoms. The smallest absolute Gasteiger partial charge is 0.408 e. The lowest BCUT2D eigenvalue weighted by Crippen LogP contribution is -2.58. The molecule has 108 heavy (non-hydrogen) atoms. The Kier molecular flexibility index (Phi) is 24.4. The van der Waals surface area contributed by atoms with Crippen LogP contribution in [-0.4, -0.2) is 177 Å². The van der Waals surface area contributed by atoms with Crippen LogP contribution in [0.25, 0.3) is 22.8 Å². The van der Waals surface area contributed by atoms with E-state index in [4.69, 9.17) is 50.5 Å². The third kappa shape index (κ3) is 21.6. The minimum Gasteiger partial charge on any atom is -0.472 e. The summed E-state index contributed by atoms with van der Waals surface area (Å²) in [6.07, 6.45) is 10.9. The van der Waals surface area contributed by atoms with Gasteiger partial charge in [0.2, 0.25) is 35.4 Å². The summed E-state index contributed by atoms with van der Waals surface area (Å²) in [4.78, 5) is 131. The van der Waals surface area contributed by atoms with Crippen molar-refractivity contribution in [2.75, 3.05) is 13.1 Å². The van der Waals surface area contributed by atoms with Gasteiger partial charge in [0.05, 0.1) is 24.3 Å². The molecule has 0 radical (unpaired) electrons. The predicted octanol–water partition coefficient (Wildman–Crippen LogP) is 8.95. The zero-order chi connectivity index (χ0) is 77.8. The molecule has 4 saturated carbocycles. The van der Waals surface area contributed by atoms with Crippen molar-refractivity contribution in [1.82, 2.24) is 60.4 Å². The Morgan fingerprint density at radius 2 is 0.954 bits per heavy atom. The molecule has 30 nitrogen and oxygen atoms in total. The molecule has 10 atom stereocenters. The van der Waals surface area contributed by atoms with Gasteiger partial charge in [0.25, 0.3) is 11.8 Å². The highest BCUT2D eigenvalue weighted by Crippen LogP contribution is 2.49. The van der Waals surface area contributed by atoms with E-state index in [0.29, 0.717) is 80.6 Å². The number of benzene rings is 2. The fraction of sp³-hybridized carbons (Fsp3) is 0.595. The zero-order valence-electron chi connectivity index (χ0n) is 61.9. The summed E-state index contributed by atoms with van der Waals surface area (Å²) < 4.78 is 89.5. The first-order valence-electron chi connectivity index (χ1n) is 36.9. The van der Waals surface area contributed by atoms with Crippen molar-refractivity contribution in [2.24, 2.45) is 11.8 Å². The molecule has 3 saturated heterocycles. The lowest BCUT2D eigenvalue weighted by Gasteiger charge is -2.30. The van der Waals surface area contributed by atoms with Crippen LogP contribution in [0.2, 0.25) is 10.3 Å². The van der Waals surface area contributed by atoms with Crippen LogP contribution < -0.4 is 40.2 Å². The maximum atomic E-state index is 14.4. The van der Waals surface area contributed by atoms with Gasteiger partial charge in [0, 0.05) is 42.0 Å². The largest absolute Gasteiger partial charge is 0.472 e. The summed E-state index contributed by atoms with van der Waals surface area (Å²) in [5, 5.41) is 11.4. The summed E-state index contributed by atoms with van der Waals surface area (Å²) >= 11 is 12.7. The molecule has 12 rings (SSSR count). The van der Waals surface area contributed by atoms with Crippen LogP contribution in [0.1, 0.15) is 184 Å². The Labute approximate surface area is 639 Å². The molecule has 4 aliphatic heterocycles. The Balaban J connectivity index is 0.000000215. The molecule has 2 aromatic carbocycles. The molecule has 0 bridgehead atoms. The summed E-state index contributed by atoms with van der Waals surface area (Å²) in [6, 6.07) is 16.8. The number of halogens is 2. The maximum Gasteiger partial charge on any atom is 0.408 e. The zero-order valence-corrected chi connectivity index (χ0v) is 65.0. The third-order valence-electron chi connectivity index (χ3n) is 20.0. The molecular formula is C74H96Cl2N12O18S2. The van der Waals surface area contributed by atoms with Crippen molar-refractivity contribution in [3.63, 3.8) is 0 Å². The van der Waals surface area contributed by atoms with E-state index in [0.717, 1.165) is 38.5 Å². The van der Waals surface area contributed by atoms with E-state index in [1.165, 1.54) is 21.9 Å². The molecule has 2 aromatic heterocycles. The van der Waals surface area contributed by atoms with Gasteiger partial charge in [-0.2, -0.15) is 26.8 Å². The van der Waals surface area contributed by atoms with Gasteiger partial charge in [-0.05, 0) is 132 Å². The van der Waals surface area contributed by atoms with Gasteiger partial charge >= 0.3 is 32.8 Å². The topological polar surface area (TPSA) is 390 Å². The van der Waals surface area contributed by atoms with E-state index in [9.17, 15) is 55.2 Å². The molecule has 8 amide bonds. The number of allylic oxidation sites excluding steroid dienone is 1. The second-order valence-corrected chi connectivity index (χ2v) is 35.0. The van der Waals surface area contributed by atoms with Crippen LogP contribution >= 0.6 is 23.2 Å². The number of fused-ring (bicyclic) bond motifs is 4. The summed E-state index contributed by atoms with van der Waals surface area (Å²) in [6.45, 7) is 13.4. The van der Waals surface area contributed by atoms with E-state index in [1.807, 2.05) is 77.5 Å². The van der Waals surface area contributed by atoms with Crippen LogP contribution in [0.5, 0.6) is 11.8 Å². The molecule has 6 heterocycles. The Morgan fingerprint density at radius 1 is 0.546 bits per heavy atom. The van der Waals surface area contributed by atoms with Gasteiger partial charge in [-0.3, -0.25) is 28.8 Å². The van der Waals surface area contributed by atoms with Crippen LogP contribution in [0.3, 0.4) is 0 Å². The third-order valence-corrected chi connectivity index (χ3v) is 22.5. The standard InChI is InChI=1S/C37H49ClN6O9S.C37H47ClN6O9S/c2*1-35(2,3)52-34(48)39-26-16-12-7-5-6-11-15-24-21-37(24,33(47)43-54(49,50)53-36(4)17-18-36)42-31(45)27-19-25(22-44(27)32(26)46)51-29-20-28(38)40-30(41-29)23-13-9-8-10-14-23/h8-10,13-14,20,24-27H,5-7,11-12,15-19,21-22H2,1-4H3,(H,39,48)(H,42,45)(H,43,47);8-11,13-15,20,24-27H,5-7,12,16-19,21-22H2,1-4H3,(H,39,48)(H,42,45)(H,43,47)/b;15-11-/t2*24-,25-,26+,27+,37-/m11/s1. The lowest BCUT2D eigenvalue weighted by atomic mass is 10.0. The number of ether oxygens (including phenoxy) is 4. The molecule has 4 aliphatic carbocycles. The van der Waals surface area contributed by atoms with Gasteiger partial charge in [0.15, 0.2) is 11.6 Å². The highest BCUT2D eigenvalue weighted by Gasteiger charge is 2.64. The minimum atomic E-state index is -4.48. The molecule has 6 N–H and O–H groups in total. The number of nitrogens with zero attached hydrogens (tertiary/aromatic N) is 6. The number of hydrogen-bond acceptors (Lipinski definition) is 22. The lowest BCUT2D eigenvalue weighted by molar-refractivity contribution is -0.141. The van der Waals surface area contributed by atoms with Gasteiger partial charge < -0.3 is 50.0 Å². The van der Waals surface area contributed by atoms with Crippen molar-refractivity contribution < 1.29 is 82.5 Å². The summed E-state index contributed by atoms with van der Waals surface area (Å²) in [5.41, 5.74) is -5.11. The maximum absolute atomic E-state index is 14.4. The van der Waals surface area contributed by atoms with Gasteiger partial charge in [-0.1, -0.05) is 141 Å². The molecule has 4 aromatic rings. The van der Waals surface area contributed by atoms with Crippen LogP contribution in [0.4, 0.5) is 9.59 Å². The quantitative estimate of drug-likeness (QED) is 0.0450. The van der Waals surface area contributed by atoms with Crippen molar-refractivity contribution in [1.29, 1.82) is 0 Å². The van der Waals surface area contributed by atoms with E-state index >= 15 is 0 Å². The highest BCUT2D eigenvalue weighted by atomic mass is 35.5. The average molecular weight is 1580 g/mol. The number of carbonyl (C=O) groups excluding carboxylic acids is 8. The average Bonchev–Trinajstić information content (AvgIpc) is 1.58. The van der Waals surface area contributed by atoms with Gasteiger partial charge in [0.1, 0.15) is 69.0 Å². The summed E-state index contributed by atoms with van der Waals surface area (Å²) in [5.74, 6) is -4.16. The number of rotatable bonds is 16. The molecule has 0 unspecified atom stereocenters. The van der Waals surface area contributed by atoms with Crippen LogP contribution in [-0.2, 0) is 67.2 Å². The Bertz CT molecular complexity index is 4300. The van der Waals surface area contributed by atoms with Crippen molar-refractivity contribution >= 4 is 91.4 Å². The second kappa shape index (κ2) is 32.7. The molecule has 8 aliphatic rings. The van der Waals surface area contributed by atoms with E-state index in [1.54, 1.807) is 55.4 Å². The first kappa shape index (κ1) is 80.7. The number of alkyl carbamates (subject to hydrolysis) is 2. The number of hydrogen-bond donors (Lipinski definition) is 6. The molecular weight excluding hydrogens is 1480 g/mol. The highest BCUT2D eigenvalue weighted by molar-refractivity contribution is 7.85. The van der Waals surface area contributed by atoms with Crippen molar-refractivity contribution in [3.05, 3.63) is 95.3 Å². The van der Waals surface area contributed by atoms with Crippen LogP contribution in [0.15, 0.2) is 84.9 Å². The first-order valence-corrected chi connectivity index (χ1v) is 40.5. The summed E-state index contributed by atoms with van der Waals surface area (Å²) in [7, 11) is -8.94. The number of carbonyl (C=O) groups is 8. The SMILES string of the molecule is CC(C)(C)OC(=O)N[C@H]1CCCCC/C=C\[C@@H]2C[C@@]2(C(=O)NS(=O)(=O)OC2(C)CC2)NC(=O)[C@@H]2C[C@@H](Oc3cc(Cl)nc(-c4ccccc4)n3)CN2C1=O.CC(C)(C)OC(=O)N[C@H]1CCCCCCC[C@@H]2C[C@@]2(C(=O)NS(=O)(=O)OC2(C)CC2)NC(=O)[C@@H]2C[C@@H](Oc3cc(Cl)nc(-c4ccccc4)n3)CN2C1=O. The van der Waals surface area contributed by atoms with E-state index < -0.39 is 144 Å². The second-order valence-electron chi connectivity index (χ2n) is 31.7. The van der Waals surface area contributed by atoms with Crippen molar-refractivity contribution in [3.8, 4) is 34.5 Å². The molecule has 586 valence electrons. The van der Waals surface area contributed by atoms with Crippen molar-refractivity contribution in [2.45, 2.75) is 254 Å². The first-order chi connectivity index (χ1) is 50.9. The fourth-order valence-electron chi connectivity index (χ4n) is 13.8. The van der Waals surface area contributed by atoms with Gasteiger partial charge in [-0.15, -0.1) is 0 Å². The van der Waals surface area contributed by atoms with Crippen LogP contribution in [0, 0.1) is 11.8 Å². The van der Waals surface area contributed by atoms with E-state index in [-0.39, 0.29) is 73.2 Å².